The summed E-state index contributed by atoms with van der Waals surface area (Å²) >= 11 is 2.73. The number of aromatic nitrogens is 2. The Morgan fingerprint density at radius 2 is 2.12 bits per heavy atom. The molecule has 1 N–H and O–H groups in total. The lowest BCUT2D eigenvalue weighted by Crippen LogP contribution is -2.27. The van der Waals surface area contributed by atoms with E-state index in [0.29, 0.717) is 22.6 Å². The number of nitrogens with zero attached hydrogens (tertiary/aromatic N) is 3. The van der Waals surface area contributed by atoms with Crippen LogP contribution >= 0.6 is 23.1 Å². The Hall–Kier alpha value is -2.39. The average molecular weight is 392 g/mol. The normalized spacial score (nSPS) is 10.7. The predicted molar refractivity (Wildman–Crippen MR) is 99.5 cm³/mol. The largest absolute Gasteiger partial charge is 0.467 e. The van der Waals surface area contributed by atoms with Gasteiger partial charge in [0, 0.05) is 13.6 Å². The third kappa shape index (κ3) is 5.30. The number of furan rings is 1. The van der Waals surface area contributed by atoms with Gasteiger partial charge in [0.2, 0.25) is 11.0 Å². The van der Waals surface area contributed by atoms with E-state index >= 15 is 0 Å². The Morgan fingerprint density at radius 1 is 1.31 bits per heavy atom. The highest BCUT2D eigenvalue weighted by molar-refractivity contribution is 8.01. The molecule has 26 heavy (non-hydrogen) atoms. The zero-order valence-electron chi connectivity index (χ0n) is 14.0. The lowest BCUT2D eigenvalue weighted by molar-refractivity contribution is -0.127. The molecule has 3 rings (SSSR count). The molecule has 1 aromatic carbocycles. The zero-order valence-corrected chi connectivity index (χ0v) is 15.6. The Bertz CT molecular complexity index is 837. The van der Waals surface area contributed by atoms with Gasteiger partial charge >= 0.3 is 0 Å². The second-order valence-electron chi connectivity index (χ2n) is 5.47. The monoisotopic (exact) mass is 392 g/mol. The quantitative estimate of drug-likeness (QED) is 0.590. The lowest BCUT2D eigenvalue weighted by atomic mass is 10.2. The molecule has 0 saturated heterocycles. The van der Waals surface area contributed by atoms with Crippen molar-refractivity contribution in [2.75, 3.05) is 18.1 Å². The second kappa shape index (κ2) is 8.81. The molecule has 2 aromatic heterocycles. The van der Waals surface area contributed by atoms with Crippen molar-refractivity contribution in [2.24, 2.45) is 0 Å². The van der Waals surface area contributed by atoms with Gasteiger partial charge in [0.25, 0.3) is 0 Å². The van der Waals surface area contributed by atoms with Crippen LogP contribution in [-0.2, 0) is 17.9 Å². The van der Waals surface area contributed by atoms with Crippen LogP contribution in [0.5, 0.6) is 0 Å². The molecular formula is C17H17FN4O2S2. The van der Waals surface area contributed by atoms with Crippen LogP contribution in [0.25, 0.3) is 0 Å². The van der Waals surface area contributed by atoms with Gasteiger partial charge in [-0.25, -0.2) is 4.39 Å². The Kier molecular flexibility index (Phi) is 6.24. The molecule has 0 aliphatic heterocycles. The summed E-state index contributed by atoms with van der Waals surface area (Å²) in [6, 6.07) is 9.90. The highest BCUT2D eigenvalue weighted by atomic mass is 32.2. The van der Waals surface area contributed by atoms with Crippen molar-refractivity contribution in [2.45, 2.75) is 17.4 Å². The lowest BCUT2D eigenvalue weighted by Gasteiger charge is -2.14. The van der Waals surface area contributed by atoms with Crippen LogP contribution < -0.4 is 5.32 Å². The maximum Gasteiger partial charge on any atom is 0.233 e. The highest BCUT2D eigenvalue weighted by Crippen LogP contribution is 2.26. The summed E-state index contributed by atoms with van der Waals surface area (Å²) in [4.78, 5) is 13.8. The Morgan fingerprint density at radius 3 is 2.85 bits per heavy atom. The van der Waals surface area contributed by atoms with Crippen molar-refractivity contribution in [1.29, 1.82) is 0 Å². The predicted octanol–water partition coefficient (Wildman–Crippen LogP) is 3.63. The molecule has 136 valence electrons. The van der Waals surface area contributed by atoms with E-state index in [4.69, 9.17) is 4.42 Å². The van der Waals surface area contributed by atoms with E-state index in [1.54, 1.807) is 36.4 Å². The smallest absolute Gasteiger partial charge is 0.233 e. The maximum absolute atomic E-state index is 12.9. The number of rotatable bonds is 8. The minimum absolute atomic E-state index is 0.0116. The molecular weight excluding hydrogens is 375 g/mol. The Labute approximate surface area is 158 Å². The van der Waals surface area contributed by atoms with E-state index in [-0.39, 0.29) is 17.5 Å². The average Bonchev–Trinajstić information content (AvgIpc) is 3.31. The van der Waals surface area contributed by atoms with Crippen LogP contribution in [0.3, 0.4) is 0 Å². The molecule has 6 nitrogen and oxygen atoms in total. The first-order valence-electron chi connectivity index (χ1n) is 7.81. The van der Waals surface area contributed by atoms with Crippen molar-refractivity contribution in [3.05, 3.63) is 59.8 Å². The first kappa shape index (κ1) is 18.4. The summed E-state index contributed by atoms with van der Waals surface area (Å²) in [6.07, 6.45) is 1.59. The summed E-state index contributed by atoms with van der Waals surface area (Å²) < 4.78 is 18.8. The number of nitrogens with one attached hydrogen (secondary N) is 1. The molecule has 0 aliphatic rings. The van der Waals surface area contributed by atoms with E-state index in [1.807, 2.05) is 6.07 Å². The molecule has 0 aliphatic carbocycles. The fourth-order valence-corrected chi connectivity index (χ4v) is 3.77. The standard InChI is InChI=1S/C17H17FN4O2S2/c1-22(10-14-3-2-8-24-14)15(23)11-25-17-21-20-16(26-17)19-9-12-4-6-13(18)7-5-12/h2-8H,9-11H2,1H3,(H,19,20). The molecule has 0 saturated carbocycles. The first-order valence-corrected chi connectivity index (χ1v) is 9.61. The van der Waals surface area contributed by atoms with E-state index in [1.165, 1.54) is 35.2 Å². The minimum atomic E-state index is -0.259. The number of anilines is 1. The minimum Gasteiger partial charge on any atom is -0.467 e. The van der Waals surface area contributed by atoms with Crippen LogP contribution in [0.1, 0.15) is 11.3 Å². The van der Waals surface area contributed by atoms with Crippen LogP contribution in [0.2, 0.25) is 0 Å². The number of carbonyl (C=O) groups excluding carboxylic acids is 1. The van der Waals surface area contributed by atoms with Crippen molar-refractivity contribution >= 4 is 34.1 Å². The highest BCUT2D eigenvalue weighted by Gasteiger charge is 2.13. The van der Waals surface area contributed by atoms with Crippen LogP contribution in [0.4, 0.5) is 9.52 Å². The van der Waals surface area contributed by atoms with Gasteiger partial charge < -0.3 is 14.6 Å². The fraction of sp³-hybridized carbons (Fsp3) is 0.235. The fourth-order valence-electron chi connectivity index (χ4n) is 2.08. The second-order valence-corrected chi connectivity index (χ2v) is 7.67. The summed E-state index contributed by atoms with van der Waals surface area (Å²) in [7, 11) is 1.74. The van der Waals surface area contributed by atoms with Gasteiger partial charge in [-0.2, -0.15) is 0 Å². The van der Waals surface area contributed by atoms with Gasteiger partial charge in [-0.3, -0.25) is 4.79 Å². The molecule has 1 amide bonds. The van der Waals surface area contributed by atoms with E-state index in [2.05, 4.69) is 15.5 Å². The summed E-state index contributed by atoms with van der Waals surface area (Å²) in [5.41, 5.74) is 0.950. The van der Waals surface area contributed by atoms with Crippen LogP contribution in [0.15, 0.2) is 51.4 Å². The molecule has 0 bridgehead atoms. The zero-order chi connectivity index (χ0) is 18.4. The molecule has 9 heteroatoms. The summed E-state index contributed by atoms with van der Waals surface area (Å²) in [5, 5.41) is 11.9. The topological polar surface area (TPSA) is 71.3 Å². The third-order valence-corrected chi connectivity index (χ3v) is 5.48. The van der Waals surface area contributed by atoms with Gasteiger partial charge in [-0.15, -0.1) is 10.2 Å². The maximum atomic E-state index is 12.9. The van der Waals surface area contributed by atoms with Crippen LogP contribution in [0, 0.1) is 5.82 Å². The van der Waals surface area contributed by atoms with E-state index in [9.17, 15) is 9.18 Å². The van der Waals surface area contributed by atoms with E-state index < -0.39 is 0 Å². The molecule has 0 unspecified atom stereocenters. The molecule has 2 heterocycles. The number of hydrogen-bond donors (Lipinski definition) is 1. The summed E-state index contributed by atoms with van der Waals surface area (Å²) in [5.74, 6) is 0.755. The van der Waals surface area contributed by atoms with Gasteiger partial charge in [-0.1, -0.05) is 35.2 Å². The third-order valence-electron chi connectivity index (χ3n) is 3.48. The van der Waals surface area contributed by atoms with Gasteiger partial charge in [0.05, 0.1) is 18.6 Å². The van der Waals surface area contributed by atoms with Crippen molar-refractivity contribution in [3.8, 4) is 0 Å². The number of amides is 1. The van der Waals surface area contributed by atoms with Gasteiger partial charge in [0.15, 0.2) is 4.34 Å². The van der Waals surface area contributed by atoms with Gasteiger partial charge in [-0.05, 0) is 29.8 Å². The summed E-state index contributed by atoms with van der Waals surface area (Å²) in [6.45, 7) is 0.970. The van der Waals surface area contributed by atoms with Crippen molar-refractivity contribution in [1.82, 2.24) is 15.1 Å². The van der Waals surface area contributed by atoms with Gasteiger partial charge in [0.1, 0.15) is 11.6 Å². The number of halogens is 1. The van der Waals surface area contributed by atoms with E-state index in [0.717, 1.165) is 11.3 Å². The number of thioether (sulfide) groups is 1. The molecule has 0 radical (unpaired) electrons. The number of hydrogen-bond acceptors (Lipinski definition) is 7. The van der Waals surface area contributed by atoms with Crippen molar-refractivity contribution in [3.63, 3.8) is 0 Å². The molecule has 0 fully saturated rings. The number of benzene rings is 1. The number of carbonyl (C=O) groups is 1. The SMILES string of the molecule is CN(Cc1ccco1)C(=O)CSc1nnc(NCc2ccc(F)cc2)s1. The van der Waals surface area contributed by atoms with Crippen LogP contribution in [-0.4, -0.2) is 33.8 Å². The molecule has 3 aromatic rings. The molecule has 0 atom stereocenters. The van der Waals surface area contributed by atoms with Crippen molar-refractivity contribution < 1.29 is 13.6 Å². The first-order chi connectivity index (χ1) is 12.6. The molecule has 0 spiro atoms. The Balaban J connectivity index is 1.44.